The van der Waals surface area contributed by atoms with E-state index in [1.54, 1.807) is 0 Å². The first-order chi connectivity index (χ1) is 6.83. The van der Waals surface area contributed by atoms with Crippen molar-refractivity contribution >= 4 is 7.25 Å². The predicted molar refractivity (Wildman–Crippen MR) is 59.7 cm³/mol. The standard InChI is InChI=1S/C10H19BN2O2/c1-9(2)10(3,4)15-11(14-9)13-8-6-7-12(13)5/h6-7H,8H2,1-5H3. The molecule has 2 rings (SSSR count). The lowest BCUT2D eigenvalue weighted by molar-refractivity contribution is 0.00578. The lowest BCUT2D eigenvalue weighted by atomic mass is 9.90. The molecule has 84 valence electrons. The summed E-state index contributed by atoms with van der Waals surface area (Å²) in [5.41, 5.74) is -0.526. The van der Waals surface area contributed by atoms with E-state index in [-0.39, 0.29) is 18.5 Å². The average molecular weight is 210 g/mol. The van der Waals surface area contributed by atoms with E-state index in [0.29, 0.717) is 0 Å². The molecule has 2 aliphatic heterocycles. The van der Waals surface area contributed by atoms with E-state index in [2.05, 4.69) is 38.7 Å². The van der Waals surface area contributed by atoms with Gasteiger partial charge in [0.05, 0.1) is 11.2 Å². The molecule has 0 N–H and O–H groups in total. The topological polar surface area (TPSA) is 24.9 Å². The highest BCUT2D eigenvalue weighted by molar-refractivity contribution is 6.42. The molecule has 2 heterocycles. The van der Waals surface area contributed by atoms with Crippen LogP contribution in [0.3, 0.4) is 0 Å². The molecule has 0 aromatic rings. The monoisotopic (exact) mass is 210 g/mol. The molecule has 2 aliphatic rings. The van der Waals surface area contributed by atoms with E-state index in [1.165, 1.54) is 0 Å². The molecule has 0 unspecified atom stereocenters. The quantitative estimate of drug-likeness (QED) is 0.608. The van der Waals surface area contributed by atoms with E-state index >= 15 is 0 Å². The Bertz CT molecular complexity index is 275. The van der Waals surface area contributed by atoms with Gasteiger partial charge >= 0.3 is 7.25 Å². The van der Waals surface area contributed by atoms with Crippen molar-refractivity contribution in [1.29, 1.82) is 0 Å². The Kier molecular flexibility index (Phi) is 2.37. The van der Waals surface area contributed by atoms with Gasteiger partial charge in [0, 0.05) is 19.8 Å². The molecule has 0 atom stereocenters. The minimum absolute atomic E-state index is 0.263. The Morgan fingerprint density at radius 2 is 1.67 bits per heavy atom. The molecule has 4 nitrogen and oxygen atoms in total. The molecule has 0 amide bonds. The predicted octanol–water partition coefficient (Wildman–Crippen LogP) is 1.25. The summed E-state index contributed by atoms with van der Waals surface area (Å²) in [6.07, 6.45) is 4.11. The normalized spacial score (nSPS) is 29.1. The summed E-state index contributed by atoms with van der Waals surface area (Å²) in [7, 11) is 1.71. The average Bonchev–Trinajstić information content (AvgIpc) is 2.55. The minimum Gasteiger partial charge on any atom is -0.388 e. The zero-order valence-electron chi connectivity index (χ0n) is 10.2. The van der Waals surface area contributed by atoms with Crippen LogP contribution in [-0.2, 0) is 9.31 Å². The molecule has 15 heavy (non-hydrogen) atoms. The summed E-state index contributed by atoms with van der Waals surface area (Å²) in [4.78, 5) is 2.05. The zero-order valence-corrected chi connectivity index (χ0v) is 10.2. The van der Waals surface area contributed by atoms with Crippen molar-refractivity contribution in [2.45, 2.75) is 38.9 Å². The summed E-state index contributed by atoms with van der Waals surface area (Å²) in [6.45, 7) is 9.10. The lowest BCUT2D eigenvalue weighted by Gasteiger charge is -2.32. The van der Waals surface area contributed by atoms with Crippen LogP contribution in [0.2, 0.25) is 0 Å². The number of rotatable bonds is 1. The van der Waals surface area contributed by atoms with Gasteiger partial charge in [-0.05, 0) is 27.7 Å². The van der Waals surface area contributed by atoms with Gasteiger partial charge in [0.1, 0.15) is 0 Å². The van der Waals surface area contributed by atoms with Crippen LogP contribution in [-0.4, -0.2) is 42.0 Å². The van der Waals surface area contributed by atoms with Crippen molar-refractivity contribution in [2.24, 2.45) is 0 Å². The first-order valence-corrected chi connectivity index (χ1v) is 5.35. The van der Waals surface area contributed by atoms with Gasteiger partial charge in [0.25, 0.3) is 0 Å². The second-order valence-corrected chi connectivity index (χ2v) is 5.14. The smallest absolute Gasteiger partial charge is 0.388 e. The summed E-state index contributed by atoms with van der Waals surface area (Å²) < 4.78 is 11.9. The van der Waals surface area contributed by atoms with E-state index in [9.17, 15) is 0 Å². The van der Waals surface area contributed by atoms with Gasteiger partial charge in [0.2, 0.25) is 0 Å². The third-order valence-corrected chi connectivity index (χ3v) is 3.50. The molecular formula is C10H19BN2O2. The Morgan fingerprint density at radius 3 is 2.07 bits per heavy atom. The summed E-state index contributed by atoms with van der Waals surface area (Å²) in [6, 6.07) is 0. The molecule has 0 saturated carbocycles. The maximum atomic E-state index is 5.94. The summed E-state index contributed by atoms with van der Waals surface area (Å²) >= 11 is 0. The molecule has 0 aliphatic carbocycles. The van der Waals surface area contributed by atoms with Gasteiger partial charge in [-0.15, -0.1) is 0 Å². The van der Waals surface area contributed by atoms with Crippen LogP contribution in [0.4, 0.5) is 0 Å². The Morgan fingerprint density at radius 1 is 1.13 bits per heavy atom. The van der Waals surface area contributed by atoms with Gasteiger partial charge in [0.15, 0.2) is 0 Å². The van der Waals surface area contributed by atoms with Crippen LogP contribution in [0.5, 0.6) is 0 Å². The fourth-order valence-corrected chi connectivity index (χ4v) is 1.69. The summed E-state index contributed by atoms with van der Waals surface area (Å²) in [5, 5.41) is 2.00. The van der Waals surface area contributed by atoms with Crippen LogP contribution >= 0.6 is 0 Å². The van der Waals surface area contributed by atoms with E-state index < -0.39 is 0 Å². The van der Waals surface area contributed by atoms with E-state index in [0.717, 1.165) is 6.54 Å². The van der Waals surface area contributed by atoms with Gasteiger partial charge in [-0.1, -0.05) is 6.08 Å². The third kappa shape index (κ3) is 1.69. The highest BCUT2D eigenvalue weighted by Crippen LogP contribution is 2.38. The van der Waals surface area contributed by atoms with Crippen molar-refractivity contribution in [3.63, 3.8) is 0 Å². The van der Waals surface area contributed by atoms with Crippen LogP contribution in [0.25, 0.3) is 0 Å². The fraction of sp³-hybridized carbons (Fsp3) is 0.800. The molecule has 0 bridgehead atoms. The third-order valence-electron chi connectivity index (χ3n) is 3.50. The Balaban J connectivity index is 2.10. The molecule has 1 fully saturated rings. The Labute approximate surface area is 92.0 Å². The van der Waals surface area contributed by atoms with E-state index in [4.69, 9.17) is 9.31 Å². The van der Waals surface area contributed by atoms with Crippen molar-refractivity contribution in [3.05, 3.63) is 12.3 Å². The van der Waals surface area contributed by atoms with Crippen LogP contribution in [0, 0.1) is 0 Å². The fourth-order valence-electron chi connectivity index (χ4n) is 1.69. The molecule has 0 aromatic carbocycles. The summed E-state index contributed by atoms with van der Waals surface area (Å²) in [5.74, 6) is 0. The molecule has 0 spiro atoms. The Hall–Kier alpha value is -0.515. The second-order valence-electron chi connectivity index (χ2n) is 5.14. The lowest BCUT2D eigenvalue weighted by Crippen LogP contribution is -2.47. The van der Waals surface area contributed by atoms with Gasteiger partial charge < -0.3 is 14.3 Å². The minimum atomic E-state index is -0.282. The maximum Gasteiger partial charge on any atom is 0.578 e. The molecule has 5 heteroatoms. The maximum absolute atomic E-state index is 5.94. The number of hydrogen-bond acceptors (Lipinski definition) is 4. The zero-order chi connectivity index (χ0) is 11.3. The SMILES string of the molecule is CN1C=CCN1B1OC(C)(C)C(C)(C)O1. The van der Waals surface area contributed by atoms with Crippen molar-refractivity contribution in [3.8, 4) is 0 Å². The molecule has 0 aromatic heterocycles. The van der Waals surface area contributed by atoms with Crippen LogP contribution < -0.4 is 0 Å². The first kappa shape index (κ1) is 11.0. The van der Waals surface area contributed by atoms with Crippen molar-refractivity contribution < 1.29 is 9.31 Å². The van der Waals surface area contributed by atoms with E-state index in [1.807, 2.05) is 18.3 Å². The molecule has 0 radical (unpaired) electrons. The van der Waals surface area contributed by atoms with Crippen LogP contribution in [0.1, 0.15) is 27.7 Å². The molecular weight excluding hydrogens is 191 g/mol. The number of nitrogens with zero attached hydrogens (tertiary/aromatic N) is 2. The highest BCUT2D eigenvalue weighted by Gasteiger charge is 2.54. The van der Waals surface area contributed by atoms with Crippen molar-refractivity contribution in [1.82, 2.24) is 9.93 Å². The second kappa shape index (κ2) is 3.24. The number of hydrazine groups is 1. The van der Waals surface area contributed by atoms with Gasteiger partial charge in [-0.25, -0.2) is 4.92 Å². The molecule has 1 saturated heterocycles. The van der Waals surface area contributed by atoms with Crippen molar-refractivity contribution in [2.75, 3.05) is 13.6 Å². The number of hydrogen-bond donors (Lipinski definition) is 0. The van der Waals surface area contributed by atoms with Crippen LogP contribution in [0.15, 0.2) is 12.3 Å². The van der Waals surface area contributed by atoms with Gasteiger partial charge in [-0.3, -0.25) is 0 Å². The first-order valence-electron chi connectivity index (χ1n) is 5.35. The highest BCUT2D eigenvalue weighted by atomic mass is 16.7. The van der Waals surface area contributed by atoms with Gasteiger partial charge in [-0.2, -0.15) is 0 Å². The largest absolute Gasteiger partial charge is 0.578 e.